The monoisotopic (exact) mass is 292 g/mol. The molecular formula is C14H20N4O3. The van der Waals surface area contributed by atoms with Crippen LogP contribution >= 0.6 is 0 Å². The number of piperidine rings is 1. The summed E-state index contributed by atoms with van der Waals surface area (Å²) in [7, 11) is 0. The van der Waals surface area contributed by atoms with E-state index in [4.69, 9.17) is 0 Å². The third-order valence-electron chi connectivity index (χ3n) is 3.50. The molecule has 1 aromatic heterocycles. The smallest absolute Gasteiger partial charge is 0.288 e. The van der Waals surface area contributed by atoms with Crippen LogP contribution in [0.5, 0.6) is 0 Å². The van der Waals surface area contributed by atoms with E-state index in [-0.39, 0.29) is 11.6 Å². The molecule has 1 aromatic rings. The van der Waals surface area contributed by atoms with E-state index in [2.05, 4.69) is 10.3 Å². The van der Waals surface area contributed by atoms with Crippen molar-refractivity contribution in [3.8, 4) is 0 Å². The van der Waals surface area contributed by atoms with E-state index >= 15 is 0 Å². The summed E-state index contributed by atoms with van der Waals surface area (Å²) >= 11 is 0. The highest BCUT2D eigenvalue weighted by Gasteiger charge is 2.24. The van der Waals surface area contributed by atoms with Gasteiger partial charge in [-0.15, -0.1) is 0 Å². The standard InChI is InChI=1S/C14H20N4O3/c1-2-6-15-13-12(9-11(10-16-13)18(20)21)14(19)17-7-4-3-5-8-17/h9-10H,2-8H2,1H3,(H,15,16). The number of hydrogen-bond acceptors (Lipinski definition) is 5. The molecule has 114 valence electrons. The Morgan fingerprint density at radius 3 is 2.76 bits per heavy atom. The molecule has 21 heavy (non-hydrogen) atoms. The Morgan fingerprint density at radius 1 is 1.43 bits per heavy atom. The van der Waals surface area contributed by atoms with E-state index in [0.717, 1.165) is 25.7 Å². The molecule has 0 spiro atoms. The number of nitrogens with zero attached hydrogens (tertiary/aromatic N) is 3. The molecule has 0 atom stereocenters. The Morgan fingerprint density at radius 2 is 2.14 bits per heavy atom. The fraction of sp³-hybridized carbons (Fsp3) is 0.571. The first-order chi connectivity index (χ1) is 10.1. The highest BCUT2D eigenvalue weighted by Crippen LogP contribution is 2.22. The SMILES string of the molecule is CCCNc1ncc([N+](=O)[O-])cc1C(=O)N1CCCCC1. The van der Waals surface area contributed by atoms with Gasteiger partial charge in [0.2, 0.25) is 0 Å². The minimum absolute atomic E-state index is 0.155. The highest BCUT2D eigenvalue weighted by molar-refractivity contribution is 5.99. The third kappa shape index (κ3) is 3.68. The van der Waals surface area contributed by atoms with Crippen LogP contribution in [0.1, 0.15) is 43.0 Å². The summed E-state index contributed by atoms with van der Waals surface area (Å²) in [6, 6.07) is 1.32. The molecule has 2 rings (SSSR count). The normalized spacial score (nSPS) is 14.8. The van der Waals surface area contributed by atoms with Crippen LogP contribution in [0.25, 0.3) is 0 Å². The van der Waals surface area contributed by atoms with Crippen LogP contribution in [0.3, 0.4) is 0 Å². The van der Waals surface area contributed by atoms with Crippen molar-refractivity contribution in [1.29, 1.82) is 0 Å². The highest BCUT2D eigenvalue weighted by atomic mass is 16.6. The minimum Gasteiger partial charge on any atom is -0.369 e. The van der Waals surface area contributed by atoms with Crippen LogP contribution in [-0.2, 0) is 0 Å². The Balaban J connectivity index is 2.29. The summed E-state index contributed by atoms with van der Waals surface area (Å²) in [6.45, 7) is 4.08. The predicted octanol–water partition coefficient (Wildman–Crippen LogP) is 2.44. The predicted molar refractivity (Wildman–Crippen MR) is 79.4 cm³/mol. The van der Waals surface area contributed by atoms with Crippen molar-refractivity contribution < 1.29 is 9.72 Å². The van der Waals surface area contributed by atoms with Crippen molar-refractivity contribution in [3.05, 3.63) is 27.9 Å². The number of hydrogen-bond donors (Lipinski definition) is 1. The van der Waals surface area contributed by atoms with E-state index in [9.17, 15) is 14.9 Å². The maximum atomic E-state index is 12.6. The fourth-order valence-corrected chi connectivity index (χ4v) is 2.37. The lowest BCUT2D eigenvalue weighted by molar-refractivity contribution is -0.385. The van der Waals surface area contributed by atoms with Crippen LogP contribution in [0.15, 0.2) is 12.3 Å². The molecular weight excluding hydrogens is 272 g/mol. The van der Waals surface area contributed by atoms with Gasteiger partial charge in [0.1, 0.15) is 12.0 Å². The zero-order valence-corrected chi connectivity index (χ0v) is 12.2. The van der Waals surface area contributed by atoms with Crippen molar-refractivity contribution in [3.63, 3.8) is 0 Å². The van der Waals surface area contributed by atoms with Crippen LogP contribution < -0.4 is 5.32 Å². The van der Waals surface area contributed by atoms with E-state index in [1.807, 2.05) is 6.92 Å². The Bertz CT molecular complexity index is 527. The molecule has 0 unspecified atom stereocenters. The fourth-order valence-electron chi connectivity index (χ4n) is 2.37. The van der Waals surface area contributed by atoms with Gasteiger partial charge >= 0.3 is 0 Å². The van der Waals surface area contributed by atoms with Crippen LogP contribution in [0.4, 0.5) is 11.5 Å². The van der Waals surface area contributed by atoms with Gasteiger partial charge in [-0.3, -0.25) is 14.9 Å². The van der Waals surface area contributed by atoms with E-state index < -0.39 is 4.92 Å². The zero-order chi connectivity index (χ0) is 15.2. The summed E-state index contributed by atoms with van der Waals surface area (Å²) in [6.07, 6.45) is 5.15. The summed E-state index contributed by atoms with van der Waals surface area (Å²) < 4.78 is 0. The van der Waals surface area contributed by atoms with Crippen molar-refractivity contribution in [2.45, 2.75) is 32.6 Å². The van der Waals surface area contributed by atoms with Crippen molar-refractivity contribution in [2.75, 3.05) is 25.0 Å². The summed E-state index contributed by atoms with van der Waals surface area (Å²) in [5.41, 5.74) is 0.136. The molecule has 7 nitrogen and oxygen atoms in total. The van der Waals surface area contributed by atoms with Gasteiger partial charge in [-0.2, -0.15) is 0 Å². The molecule has 0 aromatic carbocycles. The van der Waals surface area contributed by atoms with Crippen LogP contribution in [0.2, 0.25) is 0 Å². The molecule has 1 saturated heterocycles. The van der Waals surface area contributed by atoms with Gasteiger partial charge in [-0.1, -0.05) is 6.92 Å². The lowest BCUT2D eigenvalue weighted by atomic mass is 10.1. The lowest BCUT2D eigenvalue weighted by Crippen LogP contribution is -2.36. The van der Waals surface area contributed by atoms with Gasteiger partial charge < -0.3 is 10.2 Å². The number of rotatable bonds is 5. The Hall–Kier alpha value is -2.18. The largest absolute Gasteiger partial charge is 0.369 e. The maximum Gasteiger partial charge on any atom is 0.288 e. The van der Waals surface area contributed by atoms with Crippen molar-refractivity contribution >= 4 is 17.4 Å². The number of carbonyl (C=O) groups is 1. The number of carbonyl (C=O) groups excluding carboxylic acids is 1. The van der Waals surface area contributed by atoms with Gasteiger partial charge in [0, 0.05) is 25.7 Å². The number of likely N-dealkylation sites (tertiary alicyclic amines) is 1. The average Bonchev–Trinajstić information content (AvgIpc) is 2.52. The van der Waals surface area contributed by atoms with Gasteiger partial charge in [0.25, 0.3) is 11.6 Å². The second-order valence-corrected chi connectivity index (χ2v) is 5.13. The molecule has 2 heterocycles. The molecule has 0 radical (unpaired) electrons. The van der Waals surface area contributed by atoms with Gasteiger partial charge in [0.05, 0.1) is 10.5 Å². The van der Waals surface area contributed by atoms with E-state index in [1.165, 1.54) is 12.3 Å². The summed E-state index contributed by atoms with van der Waals surface area (Å²) in [4.78, 5) is 28.8. The number of pyridine rings is 1. The van der Waals surface area contributed by atoms with Crippen LogP contribution in [-0.4, -0.2) is 40.3 Å². The molecule has 7 heteroatoms. The first-order valence-electron chi connectivity index (χ1n) is 7.31. The average molecular weight is 292 g/mol. The number of amides is 1. The van der Waals surface area contributed by atoms with Gasteiger partial charge in [-0.05, 0) is 25.7 Å². The zero-order valence-electron chi connectivity index (χ0n) is 12.2. The number of nitro groups is 1. The molecule has 0 saturated carbocycles. The van der Waals surface area contributed by atoms with E-state index in [0.29, 0.717) is 31.0 Å². The molecule has 1 fully saturated rings. The minimum atomic E-state index is -0.524. The first-order valence-corrected chi connectivity index (χ1v) is 7.31. The summed E-state index contributed by atoms with van der Waals surface area (Å²) in [5, 5.41) is 14.0. The van der Waals surface area contributed by atoms with Crippen molar-refractivity contribution in [2.24, 2.45) is 0 Å². The first kappa shape index (κ1) is 15.2. The molecule has 1 aliphatic rings. The second-order valence-electron chi connectivity index (χ2n) is 5.13. The molecule has 1 amide bonds. The number of nitrogens with one attached hydrogen (secondary N) is 1. The Kier molecular flexibility index (Phi) is 5.08. The van der Waals surface area contributed by atoms with Crippen LogP contribution in [0, 0.1) is 10.1 Å². The molecule has 1 N–H and O–H groups in total. The van der Waals surface area contributed by atoms with Gasteiger partial charge in [0.15, 0.2) is 0 Å². The molecule has 0 aliphatic carbocycles. The topological polar surface area (TPSA) is 88.4 Å². The second kappa shape index (κ2) is 7.01. The lowest BCUT2D eigenvalue weighted by Gasteiger charge is -2.27. The van der Waals surface area contributed by atoms with Crippen molar-refractivity contribution in [1.82, 2.24) is 9.88 Å². The number of aromatic nitrogens is 1. The summed E-state index contributed by atoms with van der Waals surface area (Å²) in [5.74, 6) is 0.252. The van der Waals surface area contributed by atoms with Gasteiger partial charge in [-0.25, -0.2) is 4.98 Å². The quantitative estimate of drug-likeness (QED) is 0.665. The van der Waals surface area contributed by atoms with E-state index in [1.54, 1.807) is 4.90 Å². The molecule has 1 aliphatic heterocycles. The molecule has 0 bridgehead atoms. The Labute approximate surface area is 123 Å². The maximum absolute atomic E-state index is 12.6. The number of anilines is 1. The third-order valence-corrected chi connectivity index (χ3v) is 3.50.